The maximum Gasteiger partial charge on any atom is 0.345 e. The lowest BCUT2D eigenvalue weighted by atomic mass is 9.98. The molecule has 94 valence electrons. The predicted molar refractivity (Wildman–Crippen MR) is 67.8 cm³/mol. The normalized spacial score (nSPS) is 18.8. The smallest absolute Gasteiger partial charge is 0.322 e. The summed E-state index contributed by atoms with van der Waals surface area (Å²) in [6.07, 6.45) is 4.83. The van der Waals surface area contributed by atoms with Gasteiger partial charge in [-0.15, -0.1) is 0 Å². The number of hydrogen-bond donors (Lipinski definition) is 2. The first-order chi connectivity index (χ1) is 8.08. The van der Waals surface area contributed by atoms with E-state index in [1.54, 1.807) is 0 Å². The van der Waals surface area contributed by atoms with E-state index < -0.39 is 0 Å². The van der Waals surface area contributed by atoms with Crippen molar-refractivity contribution in [3.05, 3.63) is 27.9 Å². The first-order valence-electron chi connectivity index (χ1n) is 6.44. The largest absolute Gasteiger partial charge is 0.345 e. The van der Waals surface area contributed by atoms with Crippen LogP contribution in [-0.2, 0) is 0 Å². The number of hydrogen-bond acceptors (Lipinski definition) is 3. The van der Waals surface area contributed by atoms with E-state index in [0.717, 1.165) is 24.2 Å². The molecule has 0 aliphatic heterocycles. The second kappa shape index (κ2) is 5.00. The Morgan fingerprint density at radius 2 is 2.06 bits per heavy atom. The zero-order valence-corrected chi connectivity index (χ0v) is 10.6. The molecular formula is C13H21N3O. The Balaban J connectivity index is 2.31. The van der Waals surface area contributed by atoms with Crippen molar-refractivity contribution in [1.29, 1.82) is 0 Å². The third-order valence-corrected chi connectivity index (χ3v) is 3.64. The van der Waals surface area contributed by atoms with Crippen LogP contribution in [0.5, 0.6) is 0 Å². The Morgan fingerprint density at radius 1 is 1.41 bits per heavy atom. The molecule has 0 bridgehead atoms. The number of aromatic nitrogens is 2. The lowest BCUT2D eigenvalue weighted by molar-refractivity contribution is 0.498. The zero-order valence-electron chi connectivity index (χ0n) is 10.6. The van der Waals surface area contributed by atoms with Gasteiger partial charge in [0, 0.05) is 11.7 Å². The Morgan fingerprint density at radius 3 is 2.65 bits per heavy atom. The summed E-state index contributed by atoms with van der Waals surface area (Å²) >= 11 is 0. The fraction of sp³-hybridized carbons (Fsp3) is 0.692. The van der Waals surface area contributed by atoms with Crippen molar-refractivity contribution in [2.45, 2.75) is 51.5 Å². The summed E-state index contributed by atoms with van der Waals surface area (Å²) in [5, 5.41) is 0. The summed E-state index contributed by atoms with van der Waals surface area (Å²) < 4.78 is 0. The van der Waals surface area contributed by atoms with Gasteiger partial charge in [0.15, 0.2) is 0 Å². The molecule has 0 saturated heterocycles. The molecule has 4 nitrogen and oxygen atoms in total. The third-order valence-electron chi connectivity index (χ3n) is 3.64. The quantitative estimate of drug-likeness (QED) is 0.842. The lowest BCUT2D eigenvalue weighted by Gasteiger charge is -2.16. The number of H-pyrrole nitrogens is 1. The van der Waals surface area contributed by atoms with Gasteiger partial charge in [0.2, 0.25) is 0 Å². The monoisotopic (exact) mass is 235 g/mol. The molecular weight excluding hydrogens is 214 g/mol. The first kappa shape index (κ1) is 12.3. The second-order valence-electron chi connectivity index (χ2n) is 5.32. The molecule has 4 heteroatoms. The fourth-order valence-electron chi connectivity index (χ4n) is 2.47. The standard InChI is InChI=1S/C13H21N3O/c1-8(2)12(14)11-7-10(15-13(17)16-11)9-5-3-4-6-9/h7-9,12H,3-6,14H2,1-2H3,(H,15,16,17). The maximum atomic E-state index is 11.6. The minimum atomic E-state index is -0.263. The number of nitrogens with two attached hydrogens (primary N) is 1. The summed E-state index contributed by atoms with van der Waals surface area (Å²) in [7, 11) is 0. The van der Waals surface area contributed by atoms with Gasteiger partial charge < -0.3 is 10.7 Å². The van der Waals surface area contributed by atoms with Crippen molar-refractivity contribution in [1.82, 2.24) is 9.97 Å². The van der Waals surface area contributed by atoms with Crippen LogP contribution < -0.4 is 11.4 Å². The SMILES string of the molecule is CC(C)C(N)c1cc(C2CCCC2)[nH]c(=O)n1. The summed E-state index contributed by atoms with van der Waals surface area (Å²) in [6.45, 7) is 4.09. The fourth-order valence-corrected chi connectivity index (χ4v) is 2.47. The highest BCUT2D eigenvalue weighted by molar-refractivity contribution is 5.16. The number of aromatic amines is 1. The number of nitrogens with zero attached hydrogens (tertiary/aromatic N) is 1. The van der Waals surface area contributed by atoms with Gasteiger partial charge in [-0.05, 0) is 30.7 Å². The molecule has 0 radical (unpaired) electrons. The van der Waals surface area contributed by atoms with Crippen molar-refractivity contribution in [2.75, 3.05) is 0 Å². The number of rotatable bonds is 3. The summed E-state index contributed by atoms with van der Waals surface area (Å²) in [5.74, 6) is 0.782. The average Bonchev–Trinajstić information content (AvgIpc) is 2.80. The van der Waals surface area contributed by atoms with E-state index in [1.165, 1.54) is 12.8 Å². The molecule has 2 rings (SSSR count). The highest BCUT2D eigenvalue weighted by Crippen LogP contribution is 2.33. The Labute approximate surface area is 102 Å². The van der Waals surface area contributed by atoms with Crippen LogP contribution in [0.3, 0.4) is 0 Å². The van der Waals surface area contributed by atoms with Crippen molar-refractivity contribution in [3.63, 3.8) is 0 Å². The molecule has 1 heterocycles. The molecule has 1 atom stereocenters. The van der Waals surface area contributed by atoms with Crippen molar-refractivity contribution < 1.29 is 0 Å². The van der Waals surface area contributed by atoms with Crippen LogP contribution in [0.2, 0.25) is 0 Å². The van der Waals surface area contributed by atoms with Crippen molar-refractivity contribution >= 4 is 0 Å². The highest BCUT2D eigenvalue weighted by Gasteiger charge is 2.20. The molecule has 1 aliphatic rings. The molecule has 1 fully saturated rings. The predicted octanol–water partition coefficient (Wildman–Crippen LogP) is 2.08. The van der Waals surface area contributed by atoms with Gasteiger partial charge in [-0.1, -0.05) is 26.7 Å². The number of nitrogens with one attached hydrogen (secondary N) is 1. The molecule has 0 aromatic carbocycles. The molecule has 0 amide bonds. The molecule has 1 saturated carbocycles. The Kier molecular flexibility index (Phi) is 3.62. The summed E-state index contributed by atoms with van der Waals surface area (Å²) in [4.78, 5) is 18.4. The van der Waals surface area contributed by atoms with E-state index in [4.69, 9.17) is 5.73 Å². The van der Waals surface area contributed by atoms with Crippen LogP contribution in [0.25, 0.3) is 0 Å². The zero-order chi connectivity index (χ0) is 12.4. The van der Waals surface area contributed by atoms with Crippen LogP contribution >= 0.6 is 0 Å². The lowest BCUT2D eigenvalue weighted by Crippen LogP contribution is -2.24. The average molecular weight is 235 g/mol. The topological polar surface area (TPSA) is 71.8 Å². The van der Waals surface area contributed by atoms with Gasteiger partial charge in [-0.3, -0.25) is 0 Å². The van der Waals surface area contributed by atoms with Gasteiger partial charge in [0.05, 0.1) is 5.69 Å². The molecule has 17 heavy (non-hydrogen) atoms. The van der Waals surface area contributed by atoms with Crippen LogP contribution in [0.4, 0.5) is 0 Å². The van der Waals surface area contributed by atoms with Gasteiger partial charge in [0.1, 0.15) is 0 Å². The van der Waals surface area contributed by atoms with E-state index in [0.29, 0.717) is 11.8 Å². The molecule has 1 aliphatic carbocycles. The van der Waals surface area contributed by atoms with E-state index >= 15 is 0 Å². The van der Waals surface area contributed by atoms with E-state index in [9.17, 15) is 4.79 Å². The van der Waals surface area contributed by atoms with Gasteiger partial charge in [-0.25, -0.2) is 4.79 Å². The van der Waals surface area contributed by atoms with Gasteiger partial charge in [0.25, 0.3) is 0 Å². The minimum absolute atomic E-state index is 0.155. The van der Waals surface area contributed by atoms with Crippen LogP contribution in [0.1, 0.15) is 62.9 Å². The molecule has 0 spiro atoms. The molecule has 1 aromatic heterocycles. The second-order valence-corrected chi connectivity index (χ2v) is 5.32. The van der Waals surface area contributed by atoms with E-state index in [-0.39, 0.29) is 11.7 Å². The summed E-state index contributed by atoms with van der Waals surface area (Å²) in [6, 6.07) is 1.83. The van der Waals surface area contributed by atoms with Crippen molar-refractivity contribution in [2.24, 2.45) is 11.7 Å². The van der Waals surface area contributed by atoms with Crippen LogP contribution in [0.15, 0.2) is 10.9 Å². The molecule has 1 unspecified atom stereocenters. The Bertz CT molecular complexity index is 409. The van der Waals surface area contributed by atoms with Gasteiger partial charge >= 0.3 is 5.69 Å². The van der Waals surface area contributed by atoms with Crippen molar-refractivity contribution in [3.8, 4) is 0 Å². The summed E-state index contributed by atoms with van der Waals surface area (Å²) in [5.41, 5.74) is 7.54. The van der Waals surface area contributed by atoms with E-state index in [2.05, 4.69) is 9.97 Å². The van der Waals surface area contributed by atoms with Crippen LogP contribution in [0, 0.1) is 5.92 Å². The minimum Gasteiger partial charge on any atom is -0.322 e. The first-order valence-corrected chi connectivity index (χ1v) is 6.44. The van der Waals surface area contributed by atoms with Gasteiger partial charge in [-0.2, -0.15) is 4.98 Å². The van der Waals surface area contributed by atoms with Crippen LogP contribution in [-0.4, -0.2) is 9.97 Å². The van der Waals surface area contributed by atoms with E-state index in [1.807, 2.05) is 19.9 Å². The maximum absolute atomic E-state index is 11.6. The Hall–Kier alpha value is -1.16. The molecule has 1 aromatic rings. The molecule has 3 N–H and O–H groups in total. The third kappa shape index (κ3) is 2.75. The highest BCUT2D eigenvalue weighted by atomic mass is 16.1.